The molecule has 2 aliphatic heterocycles. The van der Waals surface area contributed by atoms with Gasteiger partial charge in [0.1, 0.15) is 0 Å². The minimum atomic E-state index is -2.89. The summed E-state index contributed by atoms with van der Waals surface area (Å²) in [5.41, 5.74) is 3.24. The van der Waals surface area contributed by atoms with Crippen LogP contribution < -0.4 is 8.54 Å². The normalized spacial score (nSPS) is 18.7. The molecule has 212 valence electrons. The average Bonchev–Trinajstić information content (AvgIpc) is 3.62. The molecule has 2 saturated heterocycles. The van der Waals surface area contributed by atoms with E-state index in [1.807, 2.05) is 0 Å². The number of benzene rings is 3. The van der Waals surface area contributed by atoms with Gasteiger partial charge in [0.05, 0.1) is 0 Å². The molecule has 0 radical (unpaired) electrons. The van der Waals surface area contributed by atoms with Gasteiger partial charge >= 0.3 is 249 Å². The topological polar surface area (TPSA) is 21.7 Å². The summed E-state index contributed by atoms with van der Waals surface area (Å²) >= 11 is -2.89. The van der Waals surface area contributed by atoms with Crippen LogP contribution in [0.1, 0.15) is 83.3 Å². The van der Waals surface area contributed by atoms with Crippen LogP contribution in [0, 0.1) is 0 Å². The fraction of sp³-hybridized carbons (Fsp3) is 0.486. The van der Waals surface area contributed by atoms with E-state index in [0.717, 1.165) is 18.7 Å². The molecule has 0 saturated carbocycles. The molecular formula is C35H48BNO2Sn. The van der Waals surface area contributed by atoms with E-state index in [2.05, 4.69) is 111 Å². The Morgan fingerprint density at radius 3 is 1.85 bits per heavy atom. The molecule has 40 heavy (non-hydrogen) atoms. The number of hydrogen-bond acceptors (Lipinski definition) is 3. The van der Waals surface area contributed by atoms with Crippen LogP contribution in [0.4, 0.5) is 0 Å². The third kappa shape index (κ3) is 6.05. The molecule has 5 rings (SSSR count). The molecule has 3 nitrogen and oxygen atoms in total. The molecule has 3 aromatic carbocycles. The standard InChI is InChI=1S/C23H22BNO2.3C4H9.Sn/c26-21-15-8-7-14-20(21)24-25-17-9-16-22(25)23(27-24,18-10-3-1-4-11-18)19-12-5-2-6-13-19;3*1-3-4-2;/h1-8,10-15,22,26H,9,16-17H2;3*1,3-4H2,2H3;/q;;;;+1/p-1/t22-;;;;/m0..../s1. The van der Waals surface area contributed by atoms with Crippen molar-refractivity contribution >= 4 is 31.3 Å². The molecule has 1 atom stereocenters. The molecule has 0 N–H and O–H groups in total. The van der Waals surface area contributed by atoms with Gasteiger partial charge in [0, 0.05) is 0 Å². The van der Waals surface area contributed by atoms with Gasteiger partial charge in [-0.2, -0.15) is 0 Å². The first-order valence-corrected chi connectivity index (χ1v) is 23.2. The van der Waals surface area contributed by atoms with Crippen molar-refractivity contribution in [3.63, 3.8) is 0 Å². The van der Waals surface area contributed by atoms with Crippen LogP contribution in [0.15, 0.2) is 84.9 Å². The van der Waals surface area contributed by atoms with Crippen molar-refractivity contribution in [1.29, 1.82) is 0 Å². The van der Waals surface area contributed by atoms with Crippen LogP contribution in [0.2, 0.25) is 13.3 Å². The molecule has 0 aromatic heterocycles. The summed E-state index contributed by atoms with van der Waals surface area (Å²) in [7, 11) is -0.114. The van der Waals surface area contributed by atoms with Crippen molar-refractivity contribution in [2.75, 3.05) is 6.54 Å². The fourth-order valence-electron chi connectivity index (χ4n) is 7.17. The van der Waals surface area contributed by atoms with Gasteiger partial charge in [-0.25, -0.2) is 0 Å². The number of fused-ring (bicyclic) bond motifs is 1. The number of nitrogens with zero attached hydrogens (tertiary/aromatic N) is 1. The molecule has 5 heteroatoms. The van der Waals surface area contributed by atoms with Crippen LogP contribution in [-0.2, 0) is 10.3 Å². The molecule has 2 heterocycles. The number of rotatable bonds is 14. The summed E-state index contributed by atoms with van der Waals surface area (Å²) in [5, 5.41) is 0. The van der Waals surface area contributed by atoms with Gasteiger partial charge in [0.25, 0.3) is 0 Å². The number of hydrogen-bond donors (Lipinski definition) is 0. The SMILES string of the molecule is CCC[CH2][Sn]([CH2]CCC)([CH2]CCC)[O]c1ccccc1B1OC(c2ccccc2)(c2ccccc2)[C@@H]2CCCN12. The molecule has 3 aromatic rings. The Balaban J connectivity index is 1.56. The summed E-state index contributed by atoms with van der Waals surface area (Å²) in [6, 6.07) is 31.1. The second-order valence-electron chi connectivity index (χ2n) is 12.0. The first kappa shape index (κ1) is 29.7. The molecule has 2 fully saturated rings. The van der Waals surface area contributed by atoms with E-state index in [-0.39, 0.29) is 7.05 Å². The van der Waals surface area contributed by atoms with E-state index >= 15 is 0 Å². The van der Waals surface area contributed by atoms with Crippen molar-refractivity contribution in [2.24, 2.45) is 0 Å². The van der Waals surface area contributed by atoms with Gasteiger partial charge in [0.15, 0.2) is 0 Å². The zero-order valence-electron chi connectivity index (χ0n) is 25.0. The predicted octanol–water partition coefficient (Wildman–Crippen LogP) is 8.54. The van der Waals surface area contributed by atoms with Crippen molar-refractivity contribution < 1.29 is 7.73 Å². The Bertz CT molecular complexity index is 1130. The predicted molar refractivity (Wildman–Crippen MR) is 172 cm³/mol. The van der Waals surface area contributed by atoms with Gasteiger partial charge in [0.2, 0.25) is 0 Å². The van der Waals surface area contributed by atoms with Crippen LogP contribution in [0.25, 0.3) is 0 Å². The van der Waals surface area contributed by atoms with Crippen LogP contribution in [-0.4, -0.2) is 43.2 Å². The average molecular weight is 644 g/mol. The van der Waals surface area contributed by atoms with Crippen molar-refractivity contribution in [3.8, 4) is 5.75 Å². The summed E-state index contributed by atoms with van der Waals surface area (Å²) in [6.45, 7) is 8.05. The van der Waals surface area contributed by atoms with E-state index in [4.69, 9.17) is 7.73 Å². The second kappa shape index (κ2) is 13.9. The zero-order valence-corrected chi connectivity index (χ0v) is 27.8. The van der Waals surface area contributed by atoms with E-state index in [9.17, 15) is 0 Å². The Kier molecular flexibility index (Phi) is 10.4. The number of unbranched alkanes of at least 4 members (excludes halogenated alkanes) is 3. The van der Waals surface area contributed by atoms with Crippen molar-refractivity contribution in [2.45, 2.75) is 97.1 Å². The number of para-hydroxylation sites is 1. The molecule has 0 amide bonds. The molecule has 0 aliphatic carbocycles. The van der Waals surface area contributed by atoms with Gasteiger partial charge in [-0.3, -0.25) is 0 Å². The minimum absolute atomic E-state index is 0.114. The zero-order chi connectivity index (χ0) is 27.8. The van der Waals surface area contributed by atoms with Crippen LogP contribution in [0.3, 0.4) is 0 Å². The Hall–Kier alpha value is -1.76. The molecule has 0 spiro atoms. The summed E-state index contributed by atoms with van der Waals surface area (Å²) < 4.78 is 18.9. The van der Waals surface area contributed by atoms with Crippen LogP contribution >= 0.6 is 0 Å². The summed E-state index contributed by atoms with van der Waals surface area (Å²) in [6.07, 6.45) is 9.97. The van der Waals surface area contributed by atoms with Gasteiger partial charge in [-0.1, -0.05) is 0 Å². The Morgan fingerprint density at radius 2 is 1.30 bits per heavy atom. The Labute approximate surface area is 248 Å². The second-order valence-corrected chi connectivity index (χ2v) is 23.6. The molecule has 0 unspecified atom stereocenters. The third-order valence-electron chi connectivity index (χ3n) is 9.24. The molecule has 2 aliphatic rings. The monoisotopic (exact) mass is 645 g/mol. The van der Waals surface area contributed by atoms with E-state index in [0.29, 0.717) is 6.04 Å². The maximum atomic E-state index is 7.48. The first-order chi connectivity index (χ1) is 19.7. The summed E-state index contributed by atoms with van der Waals surface area (Å²) in [4.78, 5) is 2.64. The van der Waals surface area contributed by atoms with Gasteiger partial charge in [-0.15, -0.1) is 0 Å². The van der Waals surface area contributed by atoms with Crippen molar-refractivity contribution in [3.05, 3.63) is 96.1 Å². The first-order valence-electron chi connectivity index (χ1n) is 16.0. The summed E-state index contributed by atoms with van der Waals surface area (Å²) in [5.74, 6) is 1.11. The van der Waals surface area contributed by atoms with Crippen molar-refractivity contribution in [1.82, 2.24) is 4.81 Å². The van der Waals surface area contributed by atoms with E-state index in [1.165, 1.54) is 74.8 Å². The fourth-order valence-corrected chi connectivity index (χ4v) is 20.6. The quantitative estimate of drug-likeness (QED) is 0.164. The van der Waals surface area contributed by atoms with Gasteiger partial charge in [-0.05, 0) is 0 Å². The third-order valence-corrected chi connectivity index (χ3v) is 21.9. The maximum absolute atomic E-state index is 7.48. The van der Waals surface area contributed by atoms with Gasteiger partial charge < -0.3 is 0 Å². The Morgan fingerprint density at radius 1 is 0.775 bits per heavy atom. The van der Waals surface area contributed by atoms with Crippen LogP contribution in [0.5, 0.6) is 5.75 Å². The molecule has 0 bridgehead atoms. The van der Waals surface area contributed by atoms with E-state index < -0.39 is 24.4 Å². The van der Waals surface area contributed by atoms with E-state index in [1.54, 1.807) is 0 Å². The molecular weight excluding hydrogens is 596 g/mol.